The van der Waals surface area contributed by atoms with E-state index in [1.54, 1.807) is 0 Å². The lowest BCUT2D eigenvalue weighted by molar-refractivity contribution is -0.125. The maximum Gasteiger partial charge on any atom is 0.248 e. The van der Waals surface area contributed by atoms with Gasteiger partial charge in [0.15, 0.2) is 0 Å². The Kier molecular flexibility index (Phi) is 4.55. The molecule has 1 N–H and O–H groups in total. The van der Waals surface area contributed by atoms with Gasteiger partial charge in [-0.05, 0) is 17.5 Å². The minimum atomic E-state index is -2.67. The van der Waals surface area contributed by atoms with Gasteiger partial charge in [-0.2, -0.15) is 0 Å². The summed E-state index contributed by atoms with van der Waals surface area (Å²) in [6, 6.07) is 7.80. The van der Waals surface area contributed by atoms with E-state index >= 15 is 0 Å². The van der Waals surface area contributed by atoms with Crippen LogP contribution in [-0.2, 0) is 16.7 Å². The van der Waals surface area contributed by atoms with Crippen LogP contribution in [0.3, 0.4) is 0 Å². The molecular weight excluding hydrogens is 316 g/mol. The topological polar surface area (TPSA) is 29.1 Å². The van der Waals surface area contributed by atoms with Crippen molar-refractivity contribution >= 4 is 21.8 Å². The quantitative estimate of drug-likeness (QED) is 0.838. The third kappa shape index (κ3) is 4.00. The van der Waals surface area contributed by atoms with E-state index in [0.29, 0.717) is 6.54 Å². The van der Waals surface area contributed by atoms with Crippen molar-refractivity contribution in [2.75, 3.05) is 0 Å². The van der Waals surface area contributed by atoms with E-state index in [0.717, 1.165) is 16.5 Å². The smallest absolute Gasteiger partial charge is 0.248 e. The summed E-state index contributed by atoms with van der Waals surface area (Å²) in [4.78, 5) is 11.8. The Hall–Kier alpha value is -0.970. The molecule has 0 heterocycles. The minimum Gasteiger partial charge on any atom is -0.352 e. The molecule has 0 bridgehead atoms. The maximum atomic E-state index is 13.0. The van der Waals surface area contributed by atoms with Crippen LogP contribution in [0.1, 0.15) is 30.4 Å². The minimum absolute atomic E-state index is 0.176. The highest BCUT2D eigenvalue weighted by Crippen LogP contribution is 2.38. The lowest BCUT2D eigenvalue weighted by Crippen LogP contribution is -2.29. The standard InChI is InChI=1S/C14H16BrF2NO/c15-8-10-2-1-3-11(6-10)9-18-13(19)12-4-5-14(16,17)7-12/h1-3,6,12H,4-5,7-9H2,(H,18,19). The van der Waals surface area contributed by atoms with Crippen molar-refractivity contribution in [3.05, 3.63) is 35.4 Å². The fourth-order valence-electron chi connectivity index (χ4n) is 2.33. The number of carbonyl (C=O) groups excluding carboxylic acids is 1. The van der Waals surface area contributed by atoms with Crippen LogP contribution in [0.15, 0.2) is 24.3 Å². The molecule has 0 saturated heterocycles. The largest absolute Gasteiger partial charge is 0.352 e. The zero-order chi connectivity index (χ0) is 13.9. The molecule has 0 aromatic heterocycles. The molecule has 1 aliphatic carbocycles. The van der Waals surface area contributed by atoms with Gasteiger partial charge in [0.1, 0.15) is 0 Å². The van der Waals surface area contributed by atoms with E-state index in [4.69, 9.17) is 0 Å². The molecule has 0 aliphatic heterocycles. The van der Waals surface area contributed by atoms with Crippen LogP contribution >= 0.6 is 15.9 Å². The molecule has 1 atom stereocenters. The summed E-state index contributed by atoms with van der Waals surface area (Å²) in [6.45, 7) is 0.391. The molecule has 2 nitrogen and oxygen atoms in total. The predicted molar refractivity (Wildman–Crippen MR) is 73.2 cm³/mol. The van der Waals surface area contributed by atoms with Gasteiger partial charge in [-0.3, -0.25) is 4.79 Å². The van der Waals surface area contributed by atoms with Crippen molar-refractivity contribution in [2.24, 2.45) is 5.92 Å². The Balaban J connectivity index is 1.86. The first kappa shape index (κ1) is 14.4. The number of nitrogens with one attached hydrogen (secondary N) is 1. The molecule has 2 rings (SSSR count). The fraction of sp³-hybridized carbons (Fsp3) is 0.500. The van der Waals surface area contributed by atoms with Gasteiger partial charge in [-0.15, -0.1) is 0 Å². The zero-order valence-corrected chi connectivity index (χ0v) is 12.1. The summed E-state index contributed by atoms with van der Waals surface area (Å²) in [5.74, 6) is -3.48. The summed E-state index contributed by atoms with van der Waals surface area (Å²) in [5, 5.41) is 3.50. The molecular formula is C14H16BrF2NO. The number of hydrogen-bond acceptors (Lipinski definition) is 1. The molecule has 1 fully saturated rings. The maximum absolute atomic E-state index is 13.0. The molecule has 0 radical (unpaired) electrons. The molecule has 1 unspecified atom stereocenters. The van der Waals surface area contributed by atoms with E-state index in [-0.39, 0.29) is 25.2 Å². The number of rotatable bonds is 4. The monoisotopic (exact) mass is 331 g/mol. The predicted octanol–water partition coefficient (Wildman–Crippen LogP) is 3.63. The second-order valence-corrected chi connectivity index (χ2v) is 5.53. The van der Waals surface area contributed by atoms with Gasteiger partial charge in [-0.1, -0.05) is 40.2 Å². The number of amides is 1. The van der Waals surface area contributed by atoms with Gasteiger partial charge in [0.2, 0.25) is 11.8 Å². The normalized spacial score (nSPS) is 21.3. The lowest BCUT2D eigenvalue weighted by Gasteiger charge is -2.11. The highest BCUT2D eigenvalue weighted by atomic mass is 79.9. The van der Waals surface area contributed by atoms with E-state index in [9.17, 15) is 13.6 Å². The summed E-state index contributed by atoms with van der Waals surface area (Å²) >= 11 is 3.37. The van der Waals surface area contributed by atoms with Crippen LogP contribution < -0.4 is 5.32 Å². The van der Waals surface area contributed by atoms with E-state index < -0.39 is 11.8 Å². The number of alkyl halides is 3. The SMILES string of the molecule is O=C(NCc1cccc(CBr)c1)C1CCC(F)(F)C1. The molecule has 1 aliphatic rings. The first-order valence-corrected chi connectivity index (χ1v) is 7.42. The Bertz CT molecular complexity index is 465. The van der Waals surface area contributed by atoms with E-state index in [1.165, 1.54) is 0 Å². The second-order valence-electron chi connectivity index (χ2n) is 4.97. The van der Waals surface area contributed by atoms with Crippen LogP contribution in [0, 0.1) is 5.92 Å². The second kappa shape index (κ2) is 5.99. The van der Waals surface area contributed by atoms with Gasteiger partial charge in [-0.25, -0.2) is 8.78 Å². The molecule has 1 aromatic rings. The molecule has 5 heteroatoms. The molecule has 1 aromatic carbocycles. The van der Waals surface area contributed by atoms with Crippen LogP contribution in [0.5, 0.6) is 0 Å². The van der Waals surface area contributed by atoms with Crippen molar-refractivity contribution in [1.29, 1.82) is 0 Å². The molecule has 19 heavy (non-hydrogen) atoms. The number of benzene rings is 1. The fourth-order valence-corrected chi connectivity index (χ4v) is 2.68. The molecule has 1 amide bonds. The van der Waals surface area contributed by atoms with Crippen molar-refractivity contribution < 1.29 is 13.6 Å². The van der Waals surface area contributed by atoms with Crippen LogP contribution in [0.2, 0.25) is 0 Å². The van der Waals surface area contributed by atoms with Gasteiger partial charge in [0.25, 0.3) is 0 Å². The summed E-state index contributed by atoms with van der Waals surface area (Å²) in [6.07, 6.45) is -0.218. The van der Waals surface area contributed by atoms with Gasteiger partial charge in [0, 0.05) is 30.6 Å². The van der Waals surface area contributed by atoms with Crippen molar-refractivity contribution in [3.8, 4) is 0 Å². The van der Waals surface area contributed by atoms with Crippen molar-refractivity contribution in [2.45, 2.75) is 37.1 Å². The Labute approximate surface area is 119 Å². The first-order chi connectivity index (χ1) is 9.00. The average Bonchev–Trinajstić information content (AvgIpc) is 2.76. The third-order valence-corrected chi connectivity index (χ3v) is 4.03. The first-order valence-electron chi connectivity index (χ1n) is 6.29. The summed E-state index contributed by atoms with van der Waals surface area (Å²) in [5.41, 5.74) is 2.11. The Morgan fingerprint density at radius 2 is 2.16 bits per heavy atom. The molecule has 0 spiro atoms. The summed E-state index contributed by atoms with van der Waals surface area (Å²) < 4.78 is 26.1. The van der Waals surface area contributed by atoms with Crippen molar-refractivity contribution in [1.82, 2.24) is 5.32 Å². The Morgan fingerprint density at radius 1 is 1.42 bits per heavy atom. The average molecular weight is 332 g/mol. The number of halogens is 3. The van der Waals surface area contributed by atoms with Crippen molar-refractivity contribution in [3.63, 3.8) is 0 Å². The van der Waals surface area contributed by atoms with Gasteiger partial charge in [0.05, 0.1) is 0 Å². The molecule has 104 valence electrons. The zero-order valence-electron chi connectivity index (χ0n) is 10.5. The van der Waals surface area contributed by atoms with Crippen LogP contribution in [0.4, 0.5) is 8.78 Å². The van der Waals surface area contributed by atoms with E-state index in [2.05, 4.69) is 21.2 Å². The number of hydrogen-bond donors (Lipinski definition) is 1. The van der Waals surface area contributed by atoms with Gasteiger partial charge >= 0.3 is 0 Å². The lowest BCUT2D eigenvalue weighted by atomic mass is 10.1. The third-order valence-electron chi connectivity index (χ3n) is 3.39. The molecule has 1 saturated carbocycles. The summed E-state index contributed by atoms with van der Waals surface area (Å²) in [7, 11) is 0. The van der Waals surface area contributed by atoms with Crippen LogP contribution in [0.25, 0.3) is 0 Å². The van der Waals surface area contributed by atoms with Gasteiger partial charge < -0.3 is 5.32 Å². The highest BCUT2D eigenvalue weighted by molar-refractivity contribution is 9.08. The van der Waals surface area contributed by atoms with E-state index in [1.807, 2.05) is 24.3 Å². The number of carbonyl (C=O) groups is 1. The van der Waals surface area contributed by atoms with Crippen LogP contribution in [-0.4, -0.2) is 11.8 Å². The highest BCUT2D eigenvalue weighted by Gasteiger charge is 2.42. The Morgan fingerprint density at radius 3 is 2.79 bits per heavy atom.